The van der Waals surface area contributed by atoms with Gasteiger partial charge in [-0.1, -0.05) is 0 Å². The Morgan fingerprint density at radius 3 is 1.36 bits per heavy atom. The van der Waals surface area contributed by atoms with Gasteiger partial charge in [0.1, 0.15) is 0 Å². The molecule has 0 amide bonds. The largest absolute Gasteiger partial charge is 0.412 e. The molecule has 0 saturated carbocycles. The van der Waals surface area contributed by atoms with Gasteiger partial charge in [-0.2, -0.15) is 0 Å². The normalized spacial score (nSPS) is 34.4. The van der Waals surface area contributed by atoms with Gasteiger partial charge in [-0.3, -0.25) is 14.4 Å². The molecule has 3 rings (SSSR count). The van der Waals surface area contributed by atoms with Crippen LogP contribution in [0.15, 0.2) is 0 Å². The second kappa shape index (κ2) is 1.71. The molecule has 0 aliphatic carbocycles. The molecule has 0 spiro atoms. The number of rotatable bonds is 0. The molecule has 0 aromatic heterocycles. The molecule has 0 radical (unpaired) electrons. The van der Waals surface area contributed by atoms with Crippen LogP contribution in [0.4, 0.5) is 0 Å². The van der Waals surface area contributed by atoms with Crippen molar-refractivity contribution >= 4 is 17.9 Å². The molecule has 0 N–H and O–H groups in total. The van der Waals surface area contributed by atoms with E-state index in [-0.39, 0.29) is 0 Å². The van der Waals surface area contributed by atoms with Crippen LogP contribution >= 0.6 is 0 Å². The monoisotopic (exact) mass is 158 g/mol. The Morgan fingerprint density at radius 2 is 1.18 bits per heavy atom. The average Bonchev–Trinajstić information content (AvgIpc) is 1.82. The summed E-state index contributed by atoms with van der Waals surface area (Å²) in [6, 6.07) is 0. The Labute approximate surface area is 60.0 Å². The van der Waals surface area contributed by atoms with E-state index in [1.165, 1.54) is 0 Å². The first kappa shape index (κ1) is 6.14. The maximum Gasteiger partial charge on any atom is 0.412 e. The number of carbonyl (C=O) groups excluding carboxylic acids is 3. The summed E-state index contributed by atoms with van der Waals surface area (Å²) in [5.74, 6) is -4.23. The van der Waals surface area contributed by atoms with Gasteiger partial charge in [0.25, 0.3) is 5.92 Å². The Balaban J connectivity index is 2.37. The SMILES string of the molecule is O=C1OC2OC(=O)C1C(=O)O2. The van der Waals surface area contributed by atoms with Gasteiger partial charge in [0.05, 0.1) is 0 Å². The highest BCUT2D eigenvalue weighted by Crippen LogP contribution is 2.23. The first-order chi connectivity index (χ1) is 5.18. The molecule has 0 unspecified atom stereocenters. The van der Waals surface area contributed by atoms with Crippen LogP contribution in [-0.4, -0.2) is 24.4 Å². The highest BCUT2D eigenvalue weighted by Gasteiger charge is 2.52. The van der Waals surface area contributed by atoms with Crippen molar-refractivity contribution in [3.8, 4) is 0 Å². The molecule has 3 fully saturated rings. The van der Waals surface area contributed by atoms with E-state index in [9.17, 15) is 14.4 Å². The summed E-state index contributed by atoms with van der Waals surface area (Å²) < 4.78 is 12.9. The third-order valence-corrected chi connectivity index (χ3v) is 1.34. The van der Waals surface area contributed by atoms with Gasteiger partial charge >= 0.3 is 24.4 Å². The maximum atomic E-state index is 10.7. The molecular formula is C5H2O6. The van der Waals surface area contributed by atoms with Crippen LogP contribution in [0.25, 0.3) is 0 Å². The van der Waals surface area contributed by atoms with Crippen LogP contribution in [0.1, 0.15) is 0 Å². The zero-order valence-electron chi connectivity index (χ0n) is 5.10. The Kier molecular flexibility index (Phi) is 0.957. The molecule has 0 aromatic carbocycles. The third-order valence-electron chi connectivity index (χ3n) is 1.34. The summed E-state index contributed by atoms with van der Waals surface area (Å²) in [6.45, 7) is -1.47. The second-order valence-electron chi connectivity index (χ2n) is 2.03. The number of fused-ring (bicyclic) bond motifs is 3. The molecule has 3 heterocycles. The lowest BCUT2D eigenvalue weighted by Gasteiger charge is -2.31. The van der Waals surface area contributed by atoms with Gasteiger partial charge in [-0.25, -0.2) is 0 Å². The van der Waals surface area contributed by atoms with Crippen molar-refractivity contribution < 1.29 is 28.6 Å². The first-order valence-corrected chi connectivity index (χ1v) is 2.80. The van der Waals surface area contributed by atoms with Crippen molar-refractivity contribution in [2.24, 2.45) is 5.92 Å². The van der Waals surface area contributed by atoms with E-state index in [1.807, 2.05) is 0 Å². The second-order valence-corrected chi connectivity index (χ2v) is 2.03. The molecular weight excluding hydrogens is 156 g/mol. The quantitative estimate of drug-likeness (QED) is 0.316. The lowest BCUT2D eigenvalue weighted by Crippen LogP contribution is -2.53. The highest BCUT2D eigenvalue weighted by atomic mass is 16.9. The van der Waals surface area contributed by atoms with E-state index < -0.39 is 30.3 Å². The standard InChI is InChI=1S/C5H2O6/c6-2-1-3(7)10-5(9-2)11-4(1)8/h1,5H. The summed E-state index contributed by atoms with van der Waals surface area (Å²) in [5, 5.41) is 0. The van der Waals surface area contributed by atoms with Crippen molar-refractivity contribution in [3.63, 3.8) is 0 Å². The fraction of sp³-hybridized carbons (Fsp3) is 0.400. The van der Waals surface area contributed by atoms with Gasteiger partial charge in [0.2, 0.25) is 0 Å². The van der Waals surface area contributed by atoms with Crippen molar-refractivity contribution in [2.45, 2.75) is 6.48 Å². The van der Waals surface area contributed by atoms with E-state index >= 15 is 0 Å². The summed E-state index contributed by atoms with van der Waals surface area (Å²) >= 11 is 0. The molecule has 11 heavy (non-hydrogen) atoms. The zero-order valence-corrected chi connectivity index (χ0v) is 5.10. The molecule has 6 heteroatoms. The van der Waals surface area contributed by atoms with Crippen molar-refractivity contribution in [1.82, 2.24) is 0 Å². The van der Waals surface area contributed by atoms with Crippen molar-refractivity contribution in [1.29, 1.82) is 0 Å². The lowest BCUT2D eigenvalue weighted by atomic mass is 10.1. The van der Waals surface area contributed by atoms with Crippen molar-refractivity contribution in [3.05, 3.63) is 0 Å². The molecule has 0 aromatic rings. The van der Waals surface area contributed by atoms with Gasteiger partial charge in [-0.05, 0) is 0 Å². The minimum Gasteiger partial charge on any atom is -0.389 e. The van der Waals surface area contributed by atoms with Crippen molar-refractivity contribution in [2.75, 3.05) is 0 Å². The summed E-state index contributed by atoms with van der Waals surface area (Å²) in [4.78, 5) is 32.0. The van der Waals surface area contributed by atoms with Gasteiger partial charge in [-0.15, -0.1) is 0 Å². The van der Waals surface area contributed by atoms with Crippen LogP contribution in [0, 0.1) is 5.92 Å². The minimum absolute atomic E-state index is 0.900. The molecule has 6 nitrogen and oxygen atoms in total. The number of hydrogen-bond donors (Lipinski definition) is 0. The molecule has 58 valence electrons. The molecule has 2 bridgehead atoms. The van der Waals surface area contributed by atoms with E-state index in [1.54, 1.807) is 0 Å². The maximum absolute atomic E-state index is 10.7. The van der Waals surface area contributed by atoms with E-state index in [0.29, 0.717) is 0 Å². The highest BCUT2D eigenvalue weighted by molar-refractivity contribution is 6.14. The molecule has 3 saturated heterocycles. The fourth-order valence-corrected chi connectivity index (χ4v) is 0.849. The molecule has 0 atom stereocenters. The van der Waals surface area contributed by atoms with Crippen LogP contribution in [0.5, 0.6) is 0 Å². The van der Waals surface area contributed by atoms with E-state index in [4.69, 9.17) is 0 Å². The topological polar surface area (TPSA) is 78.9 Å². The van der Waals surface area contributed by atoms with Crippen LogP contribution in [-0.2, 0) is 28.6 Å². The molecule has 3 aliphatic heterocycles. The predicted octanol–water partition coefficient (Wildman–Crippen LogP) is -1.46. The summed E-state index contributed by atoms with van der Waals surface area (Å²) in [5.41, 5.74) is 0. The van der Waals surface area contributed by atoms with Crippen LogP contribution in [0.2, 0.25) is 0 Å². The number of hydrogen-bond acceptors (Lipinski definition) is 6. The number of carbonyl (C=O) groups is 3. The minimum atomic E-state index is -1.53. The van der Waals surface area contributed by atoms with Gasteiger partial charge in [0, 0.05) is 0 Å². The Hall–Kier alpha value is -1.59. The smallest absolute Gasteiger partial charge is 0.389 e. The van der Waals surface area contributed by atoms with E-state index in [2.05, 4.69) is 14.2 Å². The third kappa shape index (κ3) is 0.688. The number of esters is 3. The van der Waals surface area contributed by atoms with E-state index in [0.717, 1.165) is 0 Å². The Bertz CT molecular complexity index is 213. The van der Waals surface area contributed by atoms with Gasteiger partial charge in [0.15, 0.2) is 0 Å². The van der Waals surface area contributed by atoms with Crippen LogP contribution < -0.4 is 0 Å². The lowest BCUT2D eigenvalue weighted by molar-refractivity contribution is -0.296. The number of ether oxygens (including phenoxy) is 3. The predicted molar refractivity (Wildman–Crippen MR) is 25.6 cm³/mol. The fourth-order valence-electron chi connectivity index (χ4n) is 0.849. The Morgan fingerprint density at radius 1 is 0.818 bits per heavy atom. The van der Waals surface area contributed by atoms with Gasteiger partial charge < -0.3 is 14.2 Å². The summed E-state index contributed by atoms with van der Waals surface area (Å²) in [7, 11) is 0. The summed E-state index contributed by atoms with van der Waals surface area (Å²) in [6.07, 6.45) is 0. The average molecular weight is 158 g/mol. The zero-order chi connectivity index (χ0) is 8.01. The first-order valence-electron chi connectivity index (χ1n) is 2.80. The van der Waals surface area contributed by atoms with Crippen LogP contribution in [0.3, 0.4) is 0 Å². The molecule has 3 aliphatic rings.